The average molecular weight is 172 g/mol. The molecule has 0 saturated carbocycles. The Morgan fingerprint density at radius 1 is 1.09 bits per heavy atom. The van der Waals surface area contributed by atoms with E-state index < -0.39 is 0 Å². The molecule has 0 bridgehead atoms. The van der Waals surface area contributed by atoms with Gasteiger partial charge < -0.3 is 0 Å². The van der Waals surface area contributed by atoms with Crippen molar-refractivity contribution < 1.29 is 51.4 Å². The van der Waals surface area contributed by atoms with Crippen molar-refractivity contribution in [3.8, 4) is 0 Å². The van der Waals surface area contributed by atoms with Gasteiger partial charge in [0.25, 0.3) is 0 Å². The van der Waals surface area contributed by atoms with Gasteiger partial charge >= 0.3 is 51.4 Å². The zero-order valence-electron chi connectivity index (χ0n) is 7.81. The molecule has 0 amide bonds. The molecule has 0 radical (unpaired) electrons. The van der Waals surface area contributed by atoms with Crippen LogP contribution < -0.4 is 51.4 Å². The monoisotopic (exact) mass is 172 g/mol. The molecule has 11 heavy (non-hydrogen) atoms. The molecule has 0 N–H and O–H groups in total. The van der Waals surface area contributed by atoms with Gasteiger partial charge in [-0.25, -0.2) is 0 Å². The van der Waals surface area contributed by atoms with Gasteiger partial charge in [-0.3, -0.25) is 0 Å². The molecule has 1 aromatic carbocycles. The fraction of sp³-hybridized carbons (Fsp3) is 0.400. The Labute approximate surface area is 112 Å². The molecule has 0 aliphatic rings. The Bertz CT molecular complexity index is 196. The SMILES string of the molecule is CC(C)(C)c1cc[c-]cc1.[K+]. The molecule has 0 spiro atoms. The Balaban J connectivity index is 0.000001000. The molecule has 1 heteroatoms. The van der Waals surface area contributed by atoms with E-state index in [0.29, 0.717) is 0 Å². The first-order chi connectivity index (χ1) is 4.61. The summed E-state index contributed by atoms with van der Waals surface area (Å²) in [5.41, 5.74) is 1.64. The minimum atomic E-state index is 0. The zero-order valence-corrected chi connectivity index (χ0v) is 10.9. The van der Waals surface area contributed by atoms with Crippen molar-refractivity contribution in [3.05, 3.63) is 35.9 Å². The first-order valence-corrected chi connectivity index (χ1v) is 3.57. The second-order valence-electron chi connectivity index (χ2n) is 3.54. The molecule has 0 heterocycles. The zero-order chi connectivity index (χ0) is 7.61. The predicted molar refractivity (Wildman–Crippen MR) is 44.0 cm³/mol. The molecular formula is C10H13K. The van der Waals surface area contributed by atoms with Crippen molar-refractivity contribution in [3.63, 3.8) is 0 Å². The van der Waals surface area contributed by atoms with Crippen molar-refractivity contribution in [2.24, 2.45) is 0 Å². The van der Waals surface area contributed by atoms with Gasteiger partial charge in [0.2, 0.25) is 0 Å². The largest absolute Gasteiger partial charge is 1.00 e. The summed E-state index contributed by atoms with van der Waals surface area (Å²) in [6.45, 7) is 6.63. The van der Waals surface area contributed by atoms with Crippen LogP contribution in [0.2, 0.25) is 0 Å². The molecule has 54 valence electrons. The van der Waals surface area contributed by atoms with Crippen LogP contribution in [-0.4, -0.2) is 0 Å². The van der Waals surface area contributed by atoms with Gasteiger partial charge in [0, 0.05) is 0 Å². The average Bonchev–Trinajstić information content (AvgIpc) is 1.88. The van der Waals surface area contributed by atoms with Gasteiger partial charge in [0.1, 0.15) is 0 Å². The van der Waals surface area contributed by atoms with Gasteiger partial charge in [-0.2, -0.15) is 35.9 Å². The second kappa shape index (κ2) is 4.78. The molecule has 0 aromatic heterocycles. The van der Waals surface area contributed by atoms with Crippen molar-refractivity contribution in [1.29, 1.82) is 0 Å². The molecule has 0 fully saturated rings. The summed E-state index contributed by atoms with van der Waals surface area (Å²) in [7, 11) is 0. The van der Waals surface area contributed by atoms with Crippen LogP contribution in [0.4, 0.5) is 0 Å². The van der Waals surface area contributed by atoms with E-state index in [4.69, 9.17) is 0 Å². The van der Waals surface area contributed by atoms with Crippen LogP contribution >= 0.6 is 0 Å². The van der Waals surface area contributed by atoms with Crippen molar-refractivity contribution in [2.45, 2.75) is 26.2 Å². The minimum Gasteiger partial charge on any atom is -0.184 e. The topological polar surface area (TPSA) is 0 Å². The standard InChI is InChI=1S/C10H13.K/c1-10(2,3)9-7-5-4-6-8-9;/h5-8H,1-3H3;/q-1;+1. The summed E-state index contributed by atoms with van der Waals surface area (Å²) < 4.78 is 0. The van der Waals surface area contributed by atoms with Crippen molar-refractivity contribution >= 4 is 0 Å². The maximum absolute atomic E-state index is 3.00. The third kappa shape index (κ3) is 3.86. The Morgan fingerprint density at radius 2 is 1.55 bits per heavy atom. The van der Waals surface area contributed by atoms with Crippen LogP contribution in [0.3, 0.4) is 0 Å². The van der Waals surface area contributed by atoms with Gasteiger partial charge in [-0.15, -0.1) is 0 Å². The molecule has 0 aliphatic heterocycles. The first-order valence-electron chi connectivity index (χ1n) is 3.57. The fourth-order valence-electron chi connectivity index (χ4n) is 0.887. The number of rotatable bonds is 0. The van der Waals surface area contributed by atoms with E-state index >= 15 is 0 Å². The normalized spacial score (nSPS) is 10.5. The summed E-state index contributed by atoms with van der Waals surface area (Å²) in [6, 6.07) is 11.1. The maximum atomic E-state index is 3.00. The first kappa shape index (κ1) is 11.9. The number of hydrogen-bond donors (Lipinski definition) is 0. The Morgan fingerprint density at radius 3 is 1.82 bits per heavy atom. The molecule has 0 nitrogen and oxygen atoms in total. The smallest absolute Gasteiger partial charge is 0.184 e. The summed E-state index contributed by atoms with van der Waals surface area (Å²) in [4.78, 5) is 0. The van der Waals surface area contributed by atoms with Crippen LogP contribution in [0.5, 0.6) is 0 Å². The summed E-state index contributed by atoms with van der Waals surface area (Å²) >= 11 is 0. The molecule has 0 aliphatic carbocycles. The van der Waals surface area contributed by atoms with Gasteiger partial charge in [0.05, 0.1) is 0 Å². The summed E-state index contributed by atoms with van der Waals surface area (Å²) in [5.74, 6) is 0. The molecule has 0 atom stereocenters. The Hall–Kier alpha value is 0.856. The molecule has 0 saturated heterocycles. The second-order valence-corrected chi connectivity index (χ2v) is 3.54. The molecule has 0 unspecified atom stereocenters. The summed E-state index contributed by atoms with van der Waals surface area (Å²) in [5, 5.41) is 0. The summed E-state index contributed by atoms with van der Waals surface area (Å²) in [6.07, 6.45) is 0. The van der Waals surface area contributed by atoms with Gasteiger partial charge in [0.15, 0.2) is 0 Å². The van der Waals surface area contributed by atoms with Crippen LogP contribution in [-0.2, 0) is 5.41 Å². The third-order valence-electron chi connectivity index (χ3n) is 1.58. The van der Waals surface area contributed by atoms with Gasteiger partial charge in [-0.05, 0) is 5.41 Å². The van der Waals surface area contributed by atoms with Crippen molar-refractivity contribution in [1.82, 2.24) is 0 Å². The van der Waals surface area contributed by atoms with Crippen LogP contribution in [0.25, 0.3) is 0 Å². The van der Waals surface area contributed by atoms with E-state index in [-0.39, 0.29) is 56.8 Å². The minimum absolute atomic E-state index is 0. The Kier molecular flexibility index (Phi) is 5.15. The third-order valence-corrected chi connectivity index (χ3v) is 1.58. The van der Waals surface area contributed by atoms with Crippen LogP contribution in [0.15, 0.2) is 24.3 Å². The van der Waals surface area contributed by atoms with E-state index in [0.717, 1.165) is 0 Å². The quantitative estimate of drug-likeness (QED) is 0.375. The van der Waals surface area contributed by atoms with Crippen LogP contribution in [0, 0.1) is 6.07 Å². The maximum Gasteiger partial charge on any atom is 1.00 e. The molecule has 1 aromatic rings. The van der Waals surface area contributed by atoms with Crippen LogP contribution in [0.1, 0.15) is 26.3 Å². The molecule has 1 rings (SSSR count). The van der Waals surface area contributed by atoms with E-state index in [9.17, 15) is 0 Å². The molecular weight excluding hydrogens is 159 g/mol. The number of hydrogen-bond acceptors (Lipinski definition) is 0. The van der Waals surface area contributed by atoms with Gasteiger partial charge in [-0.1, -0.05) is 20.8 Å². The van der Waals surface area contributed by atoms with E-state index in [1.807, 2.05) is 12.1 Å². The van der Waals surface area contributed by atoms with E-state index in [1.54, 1.807) is 0 Å². The predicted octanol–water partition coefficient (Wildman–Crippen LogP) is -0.212. The van der Waals surface area contributed by atoms with E-state index in [2.05, 4.69) is 39.0 Å². The number of benzene rings is 1. The van der Waals surface area contributed by atoms with Crippen molar-refractivity contribution in [2.75, 3.05) is 0 Å². The fourth-order valence-corrected chi connectivity index (χ4v) is 0.887. The van der Waals surface area contributed by atoms with E-state index in [1.165, 1.54) is 5.56 Å².